The summed E-state index contributed by atoms with van der Waals surface area (Å²) in [6.45, 7) is 4.82. The molecule has 0 aliphatic rings. The summed E-state index contributed by atoms with van der Waals surface area (Å²) >= 11 is 0. The van der Waals surface area contributed by atoms with Crippen molar-refractivity contribution in [2.45, 2.75) is 38.6 Å². The Morgan fingerprint density at radius 1 is 1.00 bits per heavy atom. The summed E-state index contributed by atoms with van der Waals surface area (Å²) in [5.74, 6) is 0.0408. The molecule has 2 unspecified atom stereocenters. The number of benzene rings is 2. The first-order chi connectivity index (χ1) is 12.0. The quantitative estimate of drug-likeness (QED) is 0.778. The molecule has 0 radical (unpaired) electrons. The number of carbonyl (C=O) groups excluding carboxylic acids is 1. The van der Waals surface area contributed by atoms with Crippen LogP contribution in [0.25, 0.3) is 0 Å². The van der Waals surface area contributed by atoms with Crippen LogP contribution in [0.1, 0.15) is 48.4 Å². The van der Waals surface area contributed by atoms with Crippen LogP contribution in [0.2, 0.25) is 0 Å². The SMILES string of the molecule is CCCC(C(=O)NCC(c1ccc(C)cc1)N(C)C)c1ccccc1. The standard InChI is InChI=1S/C22H30N2O/c1-5-9-20(18-10-7-6-8-11-18)22(25)23-16-21(24(3)4)19-14-12-17(2)13-15-19/h6-8,10-15,20-21H,5,9,16H2,1-4H3,(H,23,25). The van der Waals surface area contributed by atoms with E-state index in [2.05, 4.69) is 62.4 Å². The van der Waals surface area contributed by atoms with Gasteiger partial charge in [0.2, 0.25) is 5.91 Å². The first kappa shape index (κ1) is 19.2. The average molecular weight is 338 g/mol. The van der Waals surface area contributed by atoms with Gasteiger partial charge in [-0.2, -0.15) is 0 Å². The van der Waals surface area contributed by atoms with E-state index in [1.54, 1.807) is 0 Å². The molecule has 1 amide bonds. The Morgan fingerprint density at radius 2 is 1.64 bits per heavy atom. The third-order valence-electron chi connectivity index (χ3n) is 4.65. The summed E-state index contributed by atoms with van der Waals surface area (Å²) in [6.07, 6.45) is 1.86. The third kappa shape index (κ3) is 5.43. The molecule has 3 heteroatoms. The maximum Gasteiger partial charge on any atom is 0.227 e. The van der Waals surface area contributed by atoms with Crippen molar-refractivity contribution >= 4 is 5.91 Å². The van der Waals surface area contributed by atoms with Crippen molar-refractivity contribution in [2.75, 3.05) is 20.6 Å². The van der Waals surface area contributed by atoms with Gasteiger partial charge in [0, 0.05) is 6.54 Å². The number of hydrogen-bond acceptors (Lipinski definition) is 2. The van der Waals surface area contributed by atoms with Crippen LogP contribution in [0, 0.1) is 6.92 Å². The van der Waals surface area contributed by atoms with Gasteiger partial charge in [0.1, 0.15) is 0 Å². The van der Waals surface area contributed by atoms with Crippen LogP contribution in [0.15, 0.2) is 54.6 Å². The summed E-state index contributed by atoms with van der Waals surface area (Å²) in [4.78, 5) is 15.0. The fraction of sp³-hybridized carbons (Fsp3) is 0.409. The van der Waals surface area contributed by atoms with E-state index < -0.39 is 0 Å². The van der Waals surface area contributed by atoms with Gasteiger partial charge in [0.15, 0.2) is 0 Å². The van der Waals surface area contributed by atoms with E-state index >= 15 is 0 Å². The van der Waals surface area contributed by atoms with E-state index in [9.17, 15) is 4.79 Å². The van der Waals surface area contributed by atoms with E-state index in [-0.39, 0.29) is 17.9 Å². The minimum Gasteiger partial charge on any atom is -0.354 e. The minimum atomic E-state index is -0.0768. The van der Waals surface area contributed by atoms with Gasteiger partial charge in [0.05, 0.1) is 12.0 Å². The second-order valence-corrected chi connectivity index (χ2v) is 6.89. The van der Waals surface area contributed by atoms with Crippen molar-refractivity contribution < 1.29 is 4.79 Å². The maximum atomic E-state index is 12.8. The summed E-state index contributed by atoms with van der Waals surface area (Å²) in [6, 6.07) is 18.8. The Kier molecular flexibility index (Phi) is 7.20. The lowest BCUT2D eigenvalue weighted by Crippen LogP contribution is -2.37. The topological polar surface area (TPSA) is 32.3 Å². The molecule has 3 nitrogen and oxygen atoms in total. The molecular formula is C22H30N2O. The van der Waals surface area contributed by atoms with E-state index in [1.807, 2.05) is 30.3 Å². The van der Waals surface area contributed by atoms with E-state index in [4.69, 9.17) is 0 Å². The van der Waals surface area contributed by atoms with Gasteiger partial charge in [-0.15, -0.1) is 0 Å². The highest BCUT2D eigenvalue weighted by Gasteiger charge is 2.21. The molecule has 0 aliphatic carbocycles. The highest BCUT2D eigenvalue weighted by Crippen LogP contribution is 2.23. The fourth-order valence-electron chi connectivity index (χ4n) is 3.13. The zero-order valence-corrected chi connectivity index (χ0v) is 15.8. The van der Waals surface area contributed by atoms with Gasteiger partial charge in [-0.3, -0.25) is 4.79 Å². The van der Waals surface area contributed by atoms with E-state index in [0.29, 0.717) is 6.54 Å². The highest BCUT2D eigenvalue weighted by atomic mass is 16.1. The lowest BCUT2D eigenvalue weighted by atomic mass is 9.93. The molecule has 2 aromatic rings. The van der Waals surface area contributed by atoms with Crippen LogP contribution in [0.5, 0.6) is 0 Å². The Labute approximate surface area is 152 Å². The molecule has 1 N–H and O–H groups in total. The maximum absolute atomic E-state index is 12.8. The van der Waals surface area contributed by atoms with Crippen LogP contribution in [0.4, 0.5) is 0 Å². The second kappa shape index (κ2) is 9.38. The highest BCUT2D eigenvalue weighted by molar-refractivity contribution is 5.83. The molecule has 0 bridgehead atoms. The van der Waals surface area contributed by atoms with Crippen LogP contribution >= 0.6 is 0 Å². The van der Waals surface area contributed by atoms with Crippen molar-refractivity contribution in [2.24, 2.45) is 0 Å². The Hall–Kier alpha value is -2.13. The molecule has 0 heterocycles. The first-order valence-corrected chi connectivity index (χ1v) is 9.08. The van der Waals surface area contributed by atoms with Crippen LogP contribution in [-0.4, -0.2) is 31.4 Å². The van der Waals surface area contributed by atoms with Crippen LogP contribution in [-0.2, 0) is 4.79 Å². The van der Waals surface area contributed by atoms with Gasteiger partial charge in [-0.25, -0.2) is 0 Å². The zero-order valence-electron chi connectivity index (χ0n) is 15.8. The van der Waals surface area contributed by atoms with Crippen molar-refractivity contribution in [3.05, 3.63) is 71.3 Å². The van der Waals surface area contributed by atoms with Crippen LogP contribution in [0.3, 0.4) is 0 Å². The van der Waals surface area contributed by atoms with Gasteiger partial charge in [-0.05, 0) is 38.6 Å². The molecule has 0 spiro atoms. The molecule has 0 fully saturated rings. The lowest BCUT2D eigenvalue weighted by molar-refractivity contribution is -0.123. The fourth-order valence-corrected chi connectivity index (χ4v) is 3.13. The summed E-state index contributed by atoms with van der Waals surface area (Å²) in [5, 5.41) is 3.18. The molecular weight excluding hydrogens is 308 g/mol. The first-order valence-electron chi connectivity index (χ1n) is 9.08. The van der Waals surface area contributed by atoms with Gasteiger partial charge in [-0.1, -0.05) is 73.5 Å². The molecule has 2 aromatic carbocycles. The molecule has 0 saturated heterocycles. The molecule has 0 aliphatic heterocycles. The summed E-state index contributed by atoms with van der Waals surface area (Å²) < 4.78 is 0. The molecule has 25 heavy (non-hydrogen) atoms. The second-order valence-electron chi connectivity index (χ2n) is 6.89. The number of hydrogen-bond donors (Lipinski definition) is 1. The average Bonchev–Trinajstić information content (AvgIpc) is 2.61. The smallest absolute Gasteiger partial charge is 0.227 e. The van der Waals surface area contributed by atoms with Crippen molar-refractivity contribution in [3.8, 4) is 0 Å². The molecule has 0 saturated carbocycles. The molecule has 2 rings (SSSR count). The largest absolute Gasteiger partial charge is 0.354 e. The van der Waals surface area contributed by atoms with Gasteiger partial charge in [0.25, 0.3) is 0 Å². The summed E-state index contributed by atoms with van der Waals surface area (Å²) in [7, 11) is 4.11. The Balaban J connectivity index is 2.07. The number of nitrogens with one attached hydrogen (secondary N) is 1. The molecule has 134 valence electrons. The number of amides is 1. The zero-order chi connectivity index (χ0) is 18.2. The number of nitrogens with zero attached hydrogens (tertiary/aromatic N) is 1. The normalized spacial score (nSPS) is 13.5. The Bertz CT molecular complexity index is 649. The third-order valence-corrected chi connectivity index (χ3v) is 4.65. The lowest BCUT2D eigenvalue weighted by Gasteiger charge is -2.26. The van der Waals surface area contributed by atoms with Crippen molar-refractivity contribution in [1.82, 2.24) is 10.2 Å². The number of aryl methyl sites for hydroxylation is 1. The molecule has 2 atom stereocenters. The van der Waals surface area contributed by atoms with Gasteiger partial charge < -0.3 is 10.2 Å². The predicted molar refractivity (Wildman–Crippen MR) is 105 cm³/mol. The number of carbonyl (C=O) groups is 1. The van der Waals surface area contributed by atoms with Crippen molar-refractivity contribution in [1.29, 1.82) is 0 Å². The van der Waals surface area contributed by atoms with Crippen LogP contribution < -0.4 is 5.32 Å². The summed E-state index contributed by atoms with van der Waals surface area (Å²) in [5.41, 5.74) is 3.57. The Morgan fingerprint density at radius 3 is 2.20 bits per heavy atom. The number of rotatable bonds is 8. The monoisotopic (exact) mass is 338 g/mol. The van der Waals surface area contributed by atoms with E-state index in [1.165, 1.54) is 11.1 Å². The molecule has 0 aromatic heterocycles. The predicted octanol–water partition coefficient (Wildman–Crippen LogP) is 4.30. The minimum absolute atomic E-state index is 0.0768. The van der Waals surface area contributed by atoms with Crippen molar-refractivity contribution in [3.63, 3.8) is 0 Å². The van der Waals surface area contributed by atoms with Gasteiger partial charge >= 0.3 is 0 Å². The number of likely N-dealkylation sites (N-methyl/N-ethyl adjacent to an activating group) is 1. The van der Waals surface area contributed by atoms with E-state index in [0.717, 1.165) is 18.4 Å².